The summed E-state index contributed by atoms with van der Waals surface area (Å²) in [6.45, 7) is 2.08. The summed E-state index contributed by atoms with van der Waals surface area (Å²) in [5.41, 5.74) is 0.960. The van der Waals surface area contributed by atoms with Crippen LogP contribution in [0.4, 0.5) is 0 Å². The molecule has 2 aromatic rings. The van der Waals surface area contributed by atoms with Crippen molar-refractivity contribution in [2.45, 2.75) is 13.0 Å². The third-order valence-electron chi connectivity index (χ3n) is 2.93. The van der Waals surface area contributed by atoms with E-state index >= 15 is 0 Å². The average molecular weight is 283 g/mol. The van der Waals surface area contributed by atoms with Crippen molar-refractivity contribution >= 4 is 23.8 Å². The van der Waals surface area contributed by atoms with E-state index in [9.17, 15) is 0 Å². The number of H-pyrrole nitrogens is 1. The van der Waals surface area contributed by atoms with Crippen molar-refractivity contribution in [2.24, 2.45) is 0 Å². The molecule has 0 aliphatic heterocycles. The molecule has 0 spiro atoms. The number of aromatic amines is 1. The third kappa shape index (κ3) is 2.48. The Morgan fingerprint density at radius 1 is 1.33 bits per heavy atom. The summed E-state index contributed by atoms with van der Waals surface area (Å²) in [6.07, 6.45) is 0. The van der Waals surface area contributed by atoms with Gasteiger partial charge in [-0.05, 0) is 57.5 Å². The lowest BCUT2D eigenvalue weighted by atomic mass is 10.2. The molecule has 0 saturated carbocycles. The van der Waals surface area contributed by atoms with Crippen molar-refractivity contribution in [1.82, 2.24) is 19.7 Å². The van der Waals surface area contributed by atoms with Crippen LogP contribution in [-0.2, 0) is 0 Å². The predicted molar refractivity (Wildman–Crippen MR) is 75.9 cm³/mol. The van der Waals surface area contributed by atoms with Gasteiger partial charge in [0.2, 0.25) is 0 Å². The standard InChI is InChI=1S/C12H15ClN4S/c1-8(16(2)3)11-14-15-12(18)17(11)10-6-4-9(13)5-7-10/h4-8H,1-3H3,(H,15,18)/t8-/m1/s1. The summed E-state index contributed by atoms with van der Waals surface area (Å²) < 4.78 is 2.51. The summed E-state index contributed by atoms with van der Waals surface area (Å²) in [6, 6.07) is 7.71. The van der Waals surface area contributed by atoms with Gasteiger partial charge in [0.15, 0.2) is 10.6 Å². The van der Waals surface area contributed by atoms with Crippen LogP contribution in [0.5, 0.6) is 0 Å². The average Bonchev–Trinajstić information content (AvgIpc) is 2.71. The van der Waals surface area contributed by atoms with Crippen LogP contribution in [0.1, 0.15) is 18.8 Å². The smallest absolute Gasteiger partial charge is 0.199 e. The fraction of sp³-hybridized carbons (Fsp3) is 0.333. The summed E-state index contributed by atoms with van der Waals surface area (Å²) in [7, 11) is 4.02. The van der Waals surface area contributed by atoms with Crippen molar-refractivity contribution in [3.8, 4) is 5.69 Å². The van der Waals surface area contributed by atoms with Crippen molar-refractivity contribution in [2.75, 3.05) is 14.1 Å². The van der Waals surface area contributed by atoms with E-state index in [0.29, 0.717) is 9.79 Å². The largest absolute Gasteiger partial charge is 0.300 e. The number of hydrogen-bond donors (Lipinski definition) is 1. The van der Waals surface area contributed by atoms with Crippen molar-refractivity contribution in [1.29, 1.82) is 0 Å². The minimum Gasteiger partial charge on any atom is -0.300 e. The Balaban J connectivity index is 2.53. The summed E-state index contributed by atoms with van der Waals surface area (Å²) in [5.74, 6) is 0.882. The lowest BCUT2D eigenvalue weighted by Crippen LogP contribution is -2.20. The molecule has 0 unspecified atom stereocenters. The highest BCUT2D eigenvalue weighted by atomic mass is 35.5. The fourth-order valence-electron chi connectivity index (χ4n) is 1.66. The lowest BCUT2D eigenvalue weighted by Gasteiger charge is -2.19. The summed E-state index contributed by atoms with van der Waals surface area (Å²) in [4.78, 5) is 2.08. The summed E-state index contributed by atoms with van der Waals surface area (Å²) >= 11 is 11.2. The number of benzene rings is 1. The molecule has 1 atom stereocenters. The molecule has 0 radical (unpaired) electrons. The van der Waals surface area contributed by atoms with E-state index in [1.54, 1.807) is 0 Å². The first-order chi connectivity index (χ1) is 8.50. The van der Waals surface area contributed by atoms with Gasteiger partial charge in [0.1, 0.15) is 0 Å². The first-order valence-corrected chi connectivity index (χ1v) is 6.39. The van der Waals surface area contributed by atoms with Crippen molar-refractivity contribution < 1.29 is 0 Å². The van der Waals surface area contributed by atoms with Gasteiger partial charge in [-0.15, -0.1) is 0 Å². The molecule has 96 valence electrons. The zero-order valence-electron chi connectivity index (χ0n) is 10.5. The Morgan fingerprint density at radius 2 is 1.94 bits per heavy atom. The SMILES string of the molecule is C[C@H](c1n[nH]c(=S)n1-c1ccc(Cl)cc1)N(C)C. The minimum atomic E-state index is 0.161. The Morgan fingerprint density at radius 3 is 2.50 bits per heavy atom. The Bertz CT molecular complexity index is 585. The van der Waals surface area contributed by atoms with Gasteiger partial charge in [-0.3, -0.25) is 14.6 Å². The number of nitrogens with one attached hydrogen (secondary N) is 1. The van der Waals surface area contributed by atoms with Gasteiger partial charge >= 0.3 is 0 Å². The van der Waals surface area contributed by atoms with Gasteiger partial charge in [0.25, 0.3) is 0 Å². The molecule has 1 aromatic carbocycles. The lowest BCUT2D eigenvalue weighted by molar-refractivity contribution is 0.305. The van der Waals surface area contributed by atoms with E-state index in [0.717, 1.165) is 11.5 Å². The Labute approximate surface area is 116 Å². The molecule has 0 amide bonds. The second-order valence-electron chi connectivity index (χ2n) is 4.34. The topological polar surface area (TPSA) is 36.9 Å². The zero-order chi connectivity index (χ0) is 13.3. The number of halogens is 1. The number of nitrogens with zero attached hydrogens (tertiary/aromatic N) is 3. The Kier molecular flexibility index (Phi) is 3.85. The van der Waals surface area contributed by atoms with E-state index < -0.39 is 0 Å². The predicted octanol–water partition coefficient (Wildman–Crippen LogP) is 3.21. The molecule has 0 aliphatic rings. The first-order valence-electron chi connectivity index (χ1n) is 5.60. The summed E-state index contributed by atoms with van der Waals surface area (Å²) in [5, 5.41) is 7.85. The molecular weight excluding hydrogens is 268 g/mol. The van der Waals surface area contributed by atoms with Crippen LogP contribution in [0.25, 0.3) is 5.69 Å². The highest BCUT2D eigenvalue weighted by Gasteiger charge is 2.16. The molecule has 0 aliphatic carbocycles. The van der Waals surface area contributed by atoms with Crippen LogP contribution in [0.3, 0.4) is 0 Å². The van der Waals surface area contributed by atoms with Crippen molar-refractivity contribution in [3.63, 3.8) is 0 Å². The van der Waals surface area contributed by atoms with Gasteiger partial charge in [-0.1, -0.05) is 11.6 Å². The number of aromatic nitrogens is 3. The van der Waals surface area contributed by atoms with E-state index in [1.807, 2.05) is 42.9 Å². The number of hydrogen-bond acceptors (Lipinski definition) is 3. The molecule has 0 bridgehead atoms. The molecular formula is C12H15ClN4S. The molecule has 2 rings (SSSR count). The monoisotopic (exact) mass is 282 g/mol. The molecule has 1 aromatic heterocycles. The normalized spacial score (nSPS) is 12.9. The number of rotatable bonds is 3. The molecule has 4 nitrogen and oxygen atoms in total. The fourth-order valence-corrected chi connectivity index (χ4v) is 2.03. The molecule has 1 heterocycles. The van der Waals surface area contributed by atoms with Crippen LogP contribution < -0.4 is 0 Å². The van der Waals surface area contributed by atoms with Gasteiger partial charge in [0.05, 0.1) is 6.04 Å². The van der Waals surface area contributed by atoms with E-state index in [4.69, 9.17) is 23.8 Å². The van der Waals surface area contributed by atoms with E-state index in [1.165, 1.54) is 0 Å². The van der Waals surface area contributed by atoms with Crippen LogP contribution in [-0.4, -0.2) is 33.8 Å². The highest BCUT2D eigenvalue weighted by molar-refractivity contribution is 7.71. The van der Waals surface area contributed by atoms with E-state index in [-0.39, 0.29) is 6.04 Å². The second kappa shape index (κ2) is 5.22. The van der Waals surface area contributed by atoms with Crippen LogP contribution >= 0.6 is 23.8 Å². The zero-order valence-corrected chi connectivity index (χ0v) is 12.1. The van der Waals surface area contributed by atoms with Crippen molar-refractivity contribution in [3.05, 3.63) is 39.9 Å². The highest BCUT2D eigenvalue weighted by Crippen LogP contribution is 2.21. The molecule has 6 heteroatoms. The quantitative estimate of drug-likeness (QED) is 0.879. The minimum absolute atomic E-state index is 0.161. The van der Waals surface area contributed by atoms with E-state index in [2.05, 4.69) is 22.0 Å². The van der Waals surface area contributed by atoms with Gasteiger partial charge in [0, 0.05) is 10.7 Å². The maximum Gasteiger partial charge on any atom is 0.199 e. The van der Waals surface area contributed by atoms with Gasteiger partial charge in [-0.2, -0.15) is 5.10 Å². The maximum absolute atomic E-state index is 5.90. The van der Waals surface area contributed by atoms with Crippen LogP contribution in [0, 0.1) is 4.77 Å². The van der Waals surface area contributed by atoms with Gasteiger partial charge in [-0.25, -0.2) is 0 Å². The third-order valence-corrected chi connectivity index (χ3v) is 3.46. The first kappa shape index (κ1) is 13.3. The van der Waals surface area contributed by atoms with Crippen LogP contribution in [0.2, 0.25) is 5.02 Å². The van der Waals surface area contributed by atoms with Crippen LogP contribution in [0.15, 0.2) is 24.3 Å². The molecule has 1 N–H and O–H groups in total. The molecule has 0 saturated heterocycles. The maximum atomic E-state index is 5.90. The van der Waals surface area contributed by atoms with Gasteiger partial charge < -0.3 is 0 Å². The molecule has 0 fully saturated rings. The molecule has 18 heavy (non-hydrogen) atoms. The second-order valence-corrected chi connectivity index (χ2v) is 5.16. The Hall–Kier alpha value is -1.17.